The first-order chi connectivity index (χ1) is 28.3. The molecule has 61 heavy (non-hydrogen) atoms. The normalized spacial score (nSPS) is 32.4. The van der Waals surface area contributed by atoms with E-state index >= 15 is 4.79 Å². The molecule has 1 amide bonds. The lowest BCUT2D eigenvalue weighted by molar-refractivity contribution is -0.346. The second-order valence-electron chi connectivity index (χ2n) is 18.0. The maximum atomic E-state index is 15.5. The topological polar surface area (TPSA) is 240 Å². The summed E-state index contributed by atoms with van der Waals surface area (Å²) in [5.74, 6) is -6.03. The minimum absolute atomic E-state index is 0.0160. The van der Waals surface area contributed by atoms with Crippen LogP contribution in [-0.4, -0.2) is 124 Å². The number of nitrogens with one attached hydrogen (secondary N) is 1. The SMILES string of the molecule is C=CC[C@H](NC(=O)OC(C)(C)C)[C@@H](O)C(=O)O[C@H]1C[C@@]2(O)[C@@H](OC(=O)c3cccc(OC)c3)[C@@H]3[C@]4(OC(C)=O)CO[C@@H]4C[C@H](O)[C@@]3(C)C(=O)[C@H](OC(=O)CC)C(=C1C)C2(C)C. The zero-order valence-corrected chi connectivity index (χ0v) is 36.4. The van der Waals surface area contributed by atoms with Gasteiger partial charge < -0.3 is 53.8 Å². The van der Waals surface area contributed by atoms with E-state index < -0.39 is 118 Å². The second kappa shape index (κ2) is 17.1. The fourth-order valence-corrected chi connectivity index (χ4v) is 9.52. The Morgan fingerprint density at radius 2 is 1.77 bits per heavy atom. The van der Waals surface area contributed by atoms with Crippen LogP contribution in [0.5, 0.6) is 5.75 Å². The molecule has 5 rings (SSSR count). The highest BCUT2D eigenvalue weighted by Gasteiger charge is 2.78. The lowest BCUT2D eigenvalue weighted by Crippen LogP contribution is -2.82. The minimum atomic E-state index is -2.42. The number of aliphatic hydroxyl groups excluding tert-OH is 2. The van der Waals surface area contributed by atoms with Gasteiger partial charge in [0.05, 0.1) is 42.8 Å². The minimum Gasteiger partial charge on any atom is -0.497 e. The summed E-state index contributed by atoms with van der Waals surface area (Å²) in [6.45, 7) is 16.9. The standard InChI is InChI=1S/C44H59NO16/c1-12-15-26(45-39(53)61-40(5,6)7)32(49)38(52)57-27-20-44(54)36(59-37(51)24-16-14-17-25(18-24)55-11)34-42(10,28(47)19-29-43(34,21-56-29)60-23(4)46)35(50)33(58-30(48)13-2)31(22(27)3)41(44,8)9/h12,14,16-18,26-29,32-34,36,47,49,54H,1,13,15,19-21H2,2-11H3,(H,45,53)/t26-,27-,28-,29+,32+,33+,34-,36-,42+,43-,44+/m0/s1. The van der Waals surface area contributed by atoms with E-state index in [1.165, 1.54) is 52.2 Å². The van der Waals surface area contributed by atoms with Crippen LogP contribution in [0.2, 0.25) is 0 Å². The number of ether oxygens (including phenoxy) is 7. The quantitative estimate of drug-likeness (QED) is 0.134. The third-order valence-electron chi connectivity index (χ3n) is 12.7. The van der Waals surface area contributed by atoms with E-state index in [0.717, 1.165) is 6.92 Å². The van der Waals surface area contributed by atoms with Crippen LogP contribution in [0.3, 0.4) is 0 Å². The maximum absolute atomic E-state index is 15.5. The first kappa shape index (κ1) is 47.2. The predicted octanol–water partition coefficient (Wildman–Crippen LogP) is 3.43. The number of hydrogen-bond donors (Lipinski definition) is 4. The highest BCUT2D eigenvalue weighted by molar-refractivity contribution is 5.96. The number of carbonyl (C=O) groups excluding carboxylic acids is 6. The average Bonchev–Trinajstić information content (AvgIpc) is 3.17. The monoisotopic (exact) mass is 857 g/mol. The molecule has 3 aliphatic carbocycles. The Balaban J connectivity index is 1.75. The molecule has 0 spiro atoms. The number of rotatable bonds is 12. The molecular formula is C44H59NO16. The summed E-state index contributed by atoms with van der Waals surface area (Å²) in [5, 5.41) is 39.6. The highest BCUT2D eigenvalue weighted by Crippen LogP contribution is 2.64. The van der Waals surface area contributed by atoms with Gasteiger partial charge >= 0.3 is 30.0 Å². The Kier molecular flexibility index (Phi) is 13.3. The van der Waals surface area contributed by atoms with Crippen molar-refractivity contribution >= 4 is 35.8 Å². The van der Waals surface area contributed by atoms with Crippen LogP contribution in [-0.2, 0) is 47.6 Å². The summed E-state index contributed by atoms with van der Waals surface area (Å²) < 4.78 is 40.9. The van der Waals surface area contributed by atoms with Crippen molar-refractivity contribution < 1.29 is 77.2 Å². The number of Topliss-reactive ketones (excluding diaryl/α,β-unsaturated/α-hetero) is 1. The molecule has 336 valence electrons. The predicted molar refractivity (Wildman–Crippen MR) is 214 cm³/mol. The number of methoxy groups -OCH3 is 1. The molecule has 1 aliphatic heterocycles. The number of aliphatic hydroxyl groups is 3. The van der Waals surface area contributed by atoms with Gasteiger partial charge in [-0.05, 0) is 70.4 Å². The third kappa shape index (κ3) is 8.41. The fourth-order valence-electron chi connectivity index (χ4n) is 9.52. The number of esters is 4. The number of amides is 1. The van der Waals surface area contributed by atoms with E-state index in [9.17, 15) is 39.3 Å². The van der Waals surface area contributed by atoms with Gasteiger partial charge in [0.15, 0.2) is 23.6 Å². The molecule has 0 unspecified atom stereocenters. The highest BCUT2D eigenvalue weighted by atomic mass is 16.6. The number of alkyl carbamates (subject to hydrolysis) is 1. The molecule has 3 fully saturated rings. The number of ketones is 1. The van der Waals surface area contributed by atoms with Crippen LogP contribution in [0.25, 0.3) is 0 Å². The number of benzene rings is 1. The van der Waals surface area contributed by atoms with Gasteiger partial charge in [0, 0.05) is 31.6 Å². The van der Waals surface area contributed by atoms with Gasteiger partial charge in [-0.25, -0.2) is 14.4 Å². The van der Waals surface area contributed by atoms with Crippen LogP contribution in [0.1, 0.15) is 98.4 Å². The first-order valence-electron chi connectivity index (χ1n) is 20.3. The smallest absolute Gasteiger partial charge is 0.407 e. The Hall–Kier alpha value is -4.84. The lowest BCUT2D eigenvalue weighted by atomic mass is 9.44. The second-order valence-corrected chi connectivity index (χ2v) is 18.0. The van der Waals surface area contributed by atoms with Crippen molar-refractivity contribution in [3.8, 4) is 5.75 Å². The molecule has 0 aromatic heterocycles. The van der Waals surface area contributed by atoms with Gasteiger partial charge in [-0.15, -0.1) is 6.58 Å². The van der Waals surface area contributed by atoms with Crippen molar-refractivity contribution in [2.75, 3.05) is 13.7 Å². The molecule has 2 saturated carbocycles. The Morgan fingerprint density at radius 3 is 2.33 bits per heavy atom. The molecule has 4 aliphatic rings. The van der Waals surface area contributed by atoms with Crippen molar-refractivity contribution in [1.29, 1.82) is 0 Å². The summed E-state index contributed by atoms with van der Waals surface area (Å²) in [6, 6.07) is 4.67. The molecule has 17 nitrogen and oxygen atoms in total. The van der Waals surface area contributed by atoms with Gasteiger partial charge in [-0.3, -0.25) is 14.4 Å². The Labute approximate surface area is 355 Å². The molecule has 1 aromatic rings. The summed E-state index contributed by atoms with van der Waals surface area (Å²) in [6.07, 6.45) is -10.5. The van der Waals surface area contributed by atoms with Crippen LogP contribution in [0.4, 0.5) is 4.79 Å². The van der Waals surface area contributed by atoms with E-state index in [1.54, 1.807) is 40.7 Å². The fraction of sp³-hybridized carbons (Fsp3) is 0.636. The van der Waals surface area contributed by atoms with Crippen LogP contribution in [0.15, 0.2) is 48.1 Å². The largest absolute Gasteiger partial charge is 0.497 e. The Bertz CT molecular complexity index is 1970. The van der Waals surface area contributed by atoms with Gasteiger partial charge in [0.1, 0.15) is 35.3 Å². The molecule has 11 atom stereocenters. The van der Waals surface area contributed by atoms with Gasteiger partial charge in [0.25, 0.3) is 0 Å². The molecule has 0 radical (unpaired) electrons. The number of carbonyl (C=O) groups is 6. The molecule has 2 bridgehead atoms. The van der Waals surface area contributed by atoms with Gasteiger partial charge in [0.2, 0.25) is 0 Å². The molecule has 4 N–H and O–H groups in total. The summed E-state index contributed by atoms with van der Waals surface area (Å²) in [7, 11) is 1.40. The van der Waals surface area contributed by atoms with E-state index in [4.69, 9.17) is 33.2 Å². The van der Waals surface area contributed by atoms with E-state index in [2.05, 4.69) is 11.9 Å². The molecule has 1 heterocycles. The zero-order chi connectivity index (χ0) is 45.6. The van der Waals surface area contributed by atoms with Gasteiger partial charge in [-0.1, -0.05) is 32.9 Å². The summed E-state index contributed by atoms with van der Waals surface area (Å²) in [4.78, 5) is 83.0. The summed E-state index contributed by atoms with van der Waals surface area (Å²) >= 11 is 0. The van der Waals surface area contributed by atoms with Crippen LogP contribution in [0, 0.1) is 16.7 Å². The van der Waals surface area contributed by atoms with Gasteiger partial charge in [-0.2, -0.15) is 0 Å². The molecular weight excluding hydrogens is 798 g/mol. The van der Waals surface area contributed by atoms with Crippen LogP contribution < -0.4 is 10.1 Å². The van der Waals surface area contributed by atoms with Crippen molar-refractivity contribution in [2.45, 2.75) is 147 Å². The van der Waals surface area contributed by atoms with Crippen LogP contribution >= 0.6 is 0 Å². The first-order valence-corrected chi connectivity index (χ1v) is 20.3. The van der Waals surface area contributed by atoms with E-state index in [-0.39, 0.29) is 42.6 Å². The zero-order valence-electron chi connectivity index (χ0n) is 36.4. The lowest BCUT2D eigenvalue weighted by Gasteiger charge is -2.67. The summed E-state index contributed by atoms with van der Waals surface area (Å²) in [5.41, 5.74) is -8.78. The number of fused-ring (bicyclic) bond motifs is 5. The van der Waals surface area contributed by atoms with Crippen molar-refractivity contribution in [1.82, 2.24) is 5.32 Å². The van der Waals surface area contributed by atoms with E-state index in [0.29, 0.717) is 5.75 Å². The molecule has 1 saturated heterocycles. The average molecular weight is 858 g/mol. The maximum Gasteiger partial charge on any atom is 0.407 e. The third-order valence-corrected chi connectivity index (χ3v) is 12.7. The van der Waals surface area contributed by atoms with Crippen molar-refractivity contribution in [3.63, 3.8) is 0 Å². The van der Waals surface area contributed by atoms with Crippen molar-refractivity contribution in [2.24, 2.45) is 16.7 Å². The number of hydrogen-bond acceptors (Lipinski definition) is 16. The van der Waals surface area contributed by atoms with Crippen molar-refractivity contribution in [3.05, 3.63) is 53.6 Å². The molecule has 17 heteroatoms. The molecule has 1 aromatic carbocycles. The van der Waals surface area contributed by atoms with E-state index in [1.807, 2.05) is 0 Å². The Morgan fingerprint density at radius 1 is 1.10 bits per heavy atom.